The lowest BCUT2D eigenvalue weighted by molar-refractivity contribution is 0.475. The molecule has 1 aliphatic carbocycles. The highest BCUT2D eigenvalue weighted by Gasteiger charge is 2.22. The summed E-state index contributed by atoms with van der Waals surface area (Å²) >= 11 is 1.69. The predicted molar refractivity (Wildman–Crippen MR) is 86.7 cm³/mol. The Labute approximate surface area is 131 Å². The number of rotatable bonds is 2. The summed E-state index contributed by atoms with van der Waals surface area (Å²) in [5.41, 5.74) is 4.15. The molecule has 110 valence electrons. The number of thiazole rings is 1. The minimum Gasteiger partial charge on any atom is -0.508 e. The minimum absolute atomic E-state index is 0.238. The third kappa shape index (κ3) is 2.31. The van der Waals surface area contributed by atoms with Gasteiger partial charge in [0, 0.05) is 11.9 Å². The van der Waals surface area contributed by atoms with Crippen LogP contribution in [0.5, 0.6) is 5.75 Å². The van der Waals surface area contributed by atoms with Crippen molar-refractivity contribution in [2.24, 2.45) is 0 Å². The molecule has 0 amide bonds. The van der Waals surface area contributed by atoms with Crippen molar-refractivity contribution in [3.63, 3.8) is 0 Å². The van der Waals surface area contributed by atoms with E-state index in [1.54, 1.807) is 35.6 Å². The van der Waals surface area contributed by atoms with Crippen molar-refractivity contribution in [1.29, 1.82) is 0 Å². The highest BCUT2D eigenvalue weighted by atomic mass is 32.1. The zero-order valence-corrected chi connectivity index (χ0v) is 12.8. The lowest BCUT2D eigenvalue weighted by Gasteiger charge is -2.15. The number of fused-ring (bicyclic) bond motifs is 3. The molecule has 0 radical (unpaired) electrons. The van der Waals surface area contributed by atoms with Gasteiger partial charge in [-0.2, -0.15) is 0 Å². The van der Waals surface area contributed by atoms with Crippen molar-refractivity contribution in [2.75, 3.05) is 5.32 Å². The smallest absolute Gasteiger partial charge is 0.227 e. The van der Waals surface area contributed by atoms with Gasteiger partial charge in [0.15, 0.2) is 0 Å². The number of phenols is 1. The highest BCUT2D eigenvalue weighted by molar-refractivity contribution is 7.15. The summed E-state index contributed by atoms with van der Waals surface area (Å²) in [7, 11) is 0. The van der Waals surface area contributed by atoms with E-state index >= 15 is 0 Å². The van der Waals surface area contributed by atoms with Gasteiger partial charge in [-0.25, -0.2) is 15.0 Å². The standard InChI is InChI=1S/C16H14N4OS/c1-9-18-13-7-2-10-8-17-16(20-14(10)15(13)22-9)19-11-3-5-12(21)6-4-11/h3-6,8,21H,2,7H2,1H3,(H,17,19,20). The molecule has 0 saturated carbocycles. The molecule has 0 aliphatic heterocycles. The van der Waals surface area contributed by atoms with Gasteiger partial charge in [-0.1, -0.05) is 0 Å². The van der Waals surface area contributed by atoms with Crippen LogP contribution in [0.1, 0.15) is 16.3 Å². The summed E-state index contributed by atoms with van der Waals surface area (Å²) in [6.45, 7) is 2.03. The van der Waals surface area contributed by atoms with Crippen LogP contribution in [0.15, 0.2) is 30.5 Å². The molecule has 5 nitrogen and oxygen atoms in total. The van der Waals surface area contributed by atoms with E-state index in [4.69, 9.17) is 0 Å². The fourth-order valence-electron chi connectivity index (χ4n) is 2.60. The highest BCUT2D eigenvalue weighted by Crippen LogP contribution is 2.36. The number of nitrogens with one attached hydrogen (secondary N) is 1. The molecule has 1 aliphatic rings. The molecule has 2 N–H and O–H groups in total. The van der Waals surface area contributed by atoms with Crippen LogP contribution in [0.3, 0.4) is 0 Å². The first-order valence-corrected chi connectivity index (χ1v) is 7.89. The summed E-state index contributed by atoms with van der Waals surface area (Å²) < 4.78 is 0. The number of aromatic hydroxyl groups is 1. The Morgan fingerprint density at radius 1 is 1.14 bits per heavy atom. The number of hydrogen-bond donors (Lipinski definition) is 2. The third-order valence-corrected chi connectivity index (χ3v) is 4.66. The number of aromatic nitrogens is 3. The lowest BCUT2D eigenvalue weighted by Crippen LogP contribution is -2.07. The van der Waals surface area contributed by atoms with Crippen LogP contribution in [0, 0.1) is 6.92 Å². The van der Waals surface area contributed by atoms with Gasteiger partial charge in [0.25, 0.3) is 0 Å². The van der Waals surface area contributed by atoms with E-state index in [1.165, 1.54) is 5.56 Å². The van der Waals surface area contributed by atoms with Crippen LogP contribution in [-0.2, 0) is 12.8 Å². The molecule has 0 bridgehead atoms. The van der Waals surface area contributed by atoms with Gasteiger partial charge in [0.05, 0.1) is 21.3 Å². The monoisotopic (exact) mass is 310 g/mol. The number of nitrogens with zero attached hydrogens (tertiary/aromatic N) is 3. The lowest BCUT2D eigenvalue weighted by atomic mass is 10.00. The molecular weight excluding hydrogens is 296 g/mol. The maximum atomic E-state index is 9.33. The maximum Gasteiger partial charge on any atom is 0.227 e. The largest absolute Gasteiger partial charge is 0.508 e. The molecule has 0 unspecified atom stereocenters. The molecule has 0 atom stereocenters. The summed E-state index contributed by atoms with van der Waals surface area (Å²) in [5, 5.41) is 13.6. The minimum atomic E-state index is 0.238. The molecular formula is C16H14N4OS. The van der Waals surface area contributed by atoms with Crippen molar-refractivity contribution in [1.82, 2.24) is 15.0 Å². The molecule has 0 fully saturated rings. The van der Waals surface area contributed by atoms with Gasteiger partial charge in [-0.05, 0) is 49.6 Å². The van der Waals surface area contributed by atoms with Gasteiger partial charge < -0.3 is 10.4 Å². The van der Waals surface area contributed by atoms with Crippen LogP contribution in [0.4, 0.5) is 11.6 Å². The predicted octanol–water partition coefficient (Wildman–Crippen LogP) is 3.46. The Kier molecular flexibility index (Phi) is 3.04. The van der Waals surface area contributed by atoms with Gasteiger partial charge in [-0.3, -0.25) is 0 Å². The molecule has 1 aromatic carbocycles. The average molecular weight is 310 g/mol. The number of phenolic OH excluding ortho intramolecular Hbond substituents is 1. The second-order valence-electron chi connectivity index (χ2n) is 5.25. The van der Waals surface area contributed by atoms with Gasteiger partial charge in [-0.15, -0.1) is 11.3 Å². The molecule has 2 aromatic heterocycles. The van der Waals surface area contributed by atoms with Crippen LogP contribution < -0.4 is 5.32 Å². The van der Waals surface area contributed by atoms with Crippen molar-refractivity contribution in [3.05, 3.63) is 46.7 Å². The molecule has 4 rings (SSSR count). The van der Waals surface area contributed by atoms with Crippen LogP contribution in [-0.4, -0.2) is 20.1 Å². The zero-order chi connectivity index (χ0) is 15.1. The Morgan fingerprint density at radius 2 is 1.95 bits per heavy atom. The van der Waals surface area contributed by atoms with Crippen LogP contribution in [0.2, 0.25) is 0 Å². The summed E-state index contributed by atoms with van der Waals surface area (Å²) in [5.74, 6) is 0.796. The molecule has 3 aromatic rings. The van der Waals surface area contributed by atoms with Gasteiger partial charge >= 0.3 is 0 Å². The summed E-state index contributed by atoms with van der Waals surface area (Å²) in [6.07, 6.45) is 3.79. The maximum absolute atomic E-state index is 9.33. The molecule has 22 heavy (non-hydrogen) atoms. The van der Waals surface area contributed by atoms with Crippen LogP contribution >= 0.6 is 11.3 Å². The van der Waals surface area contributed by atoms with Crippen LogP contribution in [0.25, 0.3) is 10.6 Å². The van der Waals surface area contributed by atoms with Gasteiger partial charge in [0.1, 0.15) is 5.75 Å². The summed E-state index contributed by atoms with van der Waals surface area (Å²) in [6, 6.07) is 6.84. The molecule has 2 heterocycles. The van der Waals surface area contributed by atoms with E-state index in [1.807, 2.05) is 13.1 Å². The second-order valence-corrected chi connectivity index (χ2v) is 6.45. The fraction of sp³-hybridized carbons (Fsp3) is 0.188. The first kappa shape index (κ1) is 13.2. The number of aryl methyl sites for hydroxylation is 3. The number of anilines is 2. The van der Waals surface area contributed by atoms with E-state index in [0.29, 0.717) is 5.95 Å². The van der Waals surface area contributed by atoms with E-state index in [9.17, 15) is 5.11 Å². The Bertz CT molecular complexity index is 842. The molecule has 0 saturated heterocycles. The Morgan fingerprint density at radius 3 is 2.77 bits per heavy atom. The quantitative estimate of drug-likeness (QED) is 0.709. The summed E-state index contributed by atoms with van der Waals surface area (Å²) in [4.78, 5) is 14.8. The first-order chi connectivity index (χ1) is 10.7. The molecule has 0 spiro atoms. The van der Waals surface area contributed by atoms with Crippen molar-refractivity contribution in [3.8, 4) is 16.3 Å². The second kappa shape index (κ2) is 5.06. The average Bonchev–Trinajstić information content (AvgIpc) is 2.90. The number of hydrogen-bond acceptors (Lipinski definition) is 6. The van der Waals surface area contributed by atoms with E-state index < -0.39 is 0 Å². The SMILES string of the molecule is Cc1nc2c(s1)-c1nc(Nc3ccc(O)cc3)ncc1CC2. The third-order valence-electron chi connectivity index (χ3n) is 3.64. The van der Waals surface area contributed by atoms with Crippen molar-refractivity contribution < 1.29 is 5.11 Å². The van der Waals surface area contributed by atoms with E-state index in [-0.39, 0.29) is 5.75 Å². The molecule has 6 heteroatoms. The van der Waals surface area contributed by atoms with Crippen molar-refractivity contribution in [2.45, 2.75) is 19.8 Å². The normalized spacial score (nSPS) is 12.6. The first-order valence-electron chi connectivity index (χ1n) is 7.08. The Balaban J connectivity index is 1.71. The Hall–Kier alpha value is -2.47. The van der Waals surface area contributed by atoms with E-state index in [2.05, 4.69) is 20.3 Å². The topological polar surface area (TPSA) is 70.9 Å². The number of benzene rings is 1. The van der Waals surface area contributed by atoms with Gasteiger partial charge in [0.2, 0.25) is 5.95 Å². The fourth-order valence-corrected chi connectivity index (χ4v) is 3.59. The zero-order valence-electron chi connectivity index (χ0n) is 12.0. The van der Waals surface area contributed by atoms with E-state index in [0.717, 1.165) is 39.8 Å². The van der Waals surface area contributed by atoms with Crippen molar-refractivity contribution >= 4 is 23.0 Å².